The monoisotopic (exact) mass is 427 g/mol. The average Bonchev–Trinajstić information content (AvgIpc) is 2.79. The number of nitrogens with zero attached hydrogens (tertiary/aromatic N) is 3. The lowest BCUT2D eigenvalue weighted by Crippen LogP contribution is -2.26. The van der Waals surface area contributed by atoms with E-state index in [1.165, 1.54) is 49.8 Å². The molecule has 2 aromatic heterocycles. The van der Waals surface area contributed by atoms with Crippen LogP contribution in [0.3, 0.4) is 0 Å². The number of benzene rings is 1. The lowest BCUT2D eigenvalue weighted by Gasteiger charge is -2.18. The number of anilines is 1. The summed E-state index contributed by atoms with van der Waals surface area (Å²) in [5.74, 6) is -3.39. The van der Waals surface area contributed by atoms with E-state index < -0.39 is 17.6 Å². The van der Waals surface area contributed by atoms with Gasteiger partial charge in [0.2, 0.25) is 11.9 Å². The highest BCUT2D eigenvalue weighted by molar-refractivity contribution is 5.96. The molecule has 0 aliphatic rings. The Morgan fingerprint density at radius 2 is 1.71 bits per heavy atom. The Labute approximate surface area is 177 Å². The second-order valence-electron chi connectivity index (χ2n) is 6.91. The number of Topliss-reactive ketones (excluding diaryl/α,β-unsaturated/α-hetero) is 1. The zero-order valence-corrected chi connectivity index (χ0v) is 17.0. The van der Waals surface area contributed by atoms with Gasteiger partial charge in [0.25, 0.3) is 0 Å². The Kier molecular flexibility index (Phi) is 6.79. The Hall–Kier alpha value is -3.55. The molecule has 31 heavy (non-hydrogen) atoms. The highest BCUT2D eigenvalue weighted by Gasteiger charge is 2.20. The number of hydrogen-bond acceptors (Lipinski definition) is 4. The van der Waals surface area contributed by atoms with E-state index >= 15 is 0 Å². The Morgan fingerprint density at radius 3 is 2.32 bits per heavy atom. The van der Waals surface area contributed by atoms with E-state index in [-0.39, 0.29) is 41.5 Å². The van der Waals surface area contributed by atoms with Crippen LogP contribution in [-0.4, -0.2) is 28.7 Å². The molecule has 3 rings (SSSR count). The molecule has 0 aliphatic carbocycles. The molecule has 0 fully saturated rings. The summed E-state index contributed by atoms with van der Waals surface area (Å²) < 4.78 is 42.0. The van der Waals surface area contributed by atoms with Gasteiger partial charge in [0.1, 0.15) is 0 Å². The molecule has 0 aliphatic heterocycles. The third-order valence-electron chi connectivity index (χ3n) is 4.89. The molecule has 0 N–H and O–H groups in total. The van der Waals surface area contributed by atoms with Gasteiger partial charge in [-0.15, -0.1) is 0 Å². The van der Waals surface area contributed by atoms with Crippen molar-refractivity contribution in [2.45, 2.75) is 26.2 Å². The quantitative estimate of drug-likeness (QED) is 0.403. The molecule has 1 amide bonds. The second-order valence-corrected chi connectivity index (χ2v) is 6.91. The first-order chi connectivity index (χ1) is 14.8. The van der Waals surface area contributed by atoms with Crippen molar-refractivity contribution >= 4 is 17.4 Å². The number of ketones is 1. The van der Waals surface area contributed by atoms with Crippen molar-refractivity contribution in [3.05, 3.63) is 77.5 Å². The number of carbonyl (C=O) groups excluding carboxylic acids is 2. The summed E-state index contributed by atoms with van der Waals surface area (Å²) in [5, 5.41) is 0. The van der Waals surface area contributed by atoms with Crippen molar-refractivity contribution < 1.29 is 22.8 Å². The number of halogens is 3. The van der Waals surface area contributed by atoms with Crippen LogP contribution in [0.4, 0.5) is 18.9 Å². The minimum absolute atomic E-state index is 0.0741. The minimum Gasteiger partial charge on any atom is -0.313 e. The SMILES string of the molecule is CCC(=O)N(C)c1ccc(-c2ccc(C(=O)CCc3ccc(F)nc3)cn2)c(F)c1F. The fraction of sp³-hybridized carbons (Fsp3) is 0.217. The van der Waals surface area contributed by atoms with Crippen molar-refractivity contribution in [3.63, 3.8) is 0 Å². The van der Waals surface area contributed by atoms with E-state index in [1.807, 2.05) is 0 Å². The maximum absolute atomic E-state index is 14.6. The first-order valence-electron chi connectivity index (χ1n) is 9.66. The summed E-state index contributed by atoms with van der Waals surface area (Å²) in [7, 11) is 1.38. The molecule has 160 valence electrons. The third-order valence-corrected chi connectivity index (χ3v) is 4.89. The summed E-state index contributed by atoms with van der Waals surface area (Å²) in [4.78, 5) is 32.8. The van der Waals surface area contributed by atoms with Gasteiger partial charge < -0.3 is 4.90 Å². The molecule has 0 radical (unpaired) electrons. The van der Waals surface area contributed by atoms with E-state index in [2.05, 4.69) is 9.97 Å². The van der Waals surface area contributed by atoms with Gasteiger partial charge in [-0.3, -0.25) is 14.6 Å². The maximum atomic E-state index is 14.6. The number of aryl methyl sites for hydroxylation is 1. The lowest BCUT2D eigenvalue weighted by atomic mass is 10.0. The Balaban J connectivity index is 1.74. The highest BCUT2D eigenvalue weighted by Crippen LogP contribution is 2.29. The third kappa shape index (κ3) is 4.96. The summed E-state index contributed by atoms with van der Waals surface area (Å²) in [6.07, 6.45) is 3.39. The van der Waals surface area contributed by atoms with Crippen LogP contribution in [0, 0.1) is 17.6 Å². The Bertz CT molecular complexity index is 1100. The zero-order chi connectivity index (χ0) is 22.5. The van der Waals surface area contributed by atoms with Crippen molar-refractivity contribution in [2.24, 2.45) is 0 Å². The van der Waals surface area contributed by atoms with Gasteiger partial charge in [0.05, 0.1) is 11.4 Å². The van der Waals surface area contributed by atoms with Gasteiger partial charge in [0, 0.05) is 43.4 Å². The van der Waals surface area contributed by atoms with Gasteiger partial charge in [-0.25, -0.2) is 13.8 Å². The Morgan fingerprint density at radius 1 is 0.935 bits per heavy atom. The van der Waals surface area contributed by atoms with E-state index in [0.717, 1.165) is 10.5 Å². The number of amides is 1. The van der Waals surface area contributed by atoms with Crippen molar-refractivity contribution in [3.8, 4) is 11.3 Å². The van der Waals surface area contributed by atoms with Crippen LogP contribution in [0.2, 0.25) is 0 Å². The first kappa shape index (κ1) is 22.1. The minimum atomic E-state index is -1.14. The van der Waals surface area contributed by atoms with Crippen LogP contribution in [-0.2, 0) is 11.2 Å². The van der Waals surface area contributed by atoms with E-state index in [0.29, 0.717) is 12.0 Å². The van der Waals surface area contributed by atoms with Gasteiger partial charge in [-0.05, 0) is 42.3 Å². The summed E-state index contributed by atoms with van der Waals surface area (Å²) in [6, 6.07) is 8.38. The fourth-order valence-electron chi connectivity index (χ4n) is 3.04. The van der Waals surface area contributed by atoms with Gasteiger partial charge >= 0.3 is 0 Å². The topological polar surface area (TPSA) is 63.2 Å². The lowest BCUT2D eigenvalue weighted by molar-refractivity contribution is -0.118. The number of carbonyl (C=O) groups is 2. The highest BCUT2D eigenvalue weighted by atomic mass is 19.2. The summed E-state index contributed by atoms with van der Waals surface area (Å²) >= 11 is 0. The molecule has 0 saturated carbocycles. The van der Waals surface area contributed by atoms with E-state index in [1.54, 1.807) is 13.0 Å². The molecule has 0 unspecified atom stereocenters. The molecule has 0 bridgehead atoms. The predicted octanol–water partition coefficient (Wildman–Crippen LogP) is 4.75. The van der Waals surface area contributed by atoms with Crippen LogP contribution >= 0.6 is 0 Å². The van der Waals surface area contributed by atoms with Crippen molar-refractivity contribution in [1.29, 1.82) is 0 Å². The van der Waals surface area contributed by atoms with Crippen LogP contribution in [0.1, 0.15) is 35.7 Å². The smallest absolute Gasteiger partial charge is 0.226 e. The van der Waals surface area contributed by atoms with Crippen LogP contribution in [0.25, 0.3) is 11.3 Å². The first-order valence-corrected chi connectivity index (χ1v) is 9.66. The van der Waals surface area contributed by atoms with Gasteiger partial charge in [-0.2, -0.15) is 4.39 Å². The molecule has 8 heteroatoms. The molecular formula is C23H20F3N3O2. The molecule has 5 nitrogen and oxygen atoms in total. The van der Waals surface area contributed by atoms with Crippen LogP contribution in [0.5, 0.6) is 0 Å². The number of rotatable bonds is 7. The van der Waals surface area contributed by atoms with Crippen molar-refractivity contribution in [1.82, 2.24) is 9.97 Å². The van der Waals surface area contributed by atoms with Crippen molar-refractivity contribution in [2.75, 3.05) is 11.9 Å². The molecular weight excluding hydrogens is 407 g/mol. The average molecular weight is 427 g/mol. The normalized spacial score (nSPS) is 10.7. The van der Waals surface area contributed by atoms with Gasteiger partial charge in [-0.1, -0.05) is 13.0 Å². The molecule has 1 aromatic carbocycles. The van der Waals surface area contributed by atoms with Gasteiger partial charge in [0.15, 0.2) is 17.4 Å². The summed E-state index contributed by atoms with van der Waals surface area (Å²) in [5.41, 5.74) is 0.977. The second kappa shape index (κ2) is 9.51. The molecule has 3 aromatic rings. The number of aromatic nitrogens is 2. The zero-order valence-electron chi connectivity index (χ0n) is 17.0. The number of pyridine rings is 2. The number of hydrogen-bond donors (Lipinski definition) is 0. The summed E-state index contributed by atoms with van der Waals surface area (Å²) in [6.45, 7) is 1.63. The van der Waals surface area contributed by atoms with Crippen LogP contribution < -0.4 is 4.90 Å². The van der Waals surface area contributed by atoms with E-state index in [9.17, 15) is 22.8 Å². The van der Waals surface area contributed by atoms with Crippen LogP contribution in [0.15, 0.2) is 48.8 Å². The molecule has 2 heterocycles. The largest absolute Gasteiger partial charge is 0.313 e. The fourth-order valence-corrected chi connectivity index (χ4v) is 3.04. The maximum Gasteiger partial charge on any atom is 0.226 e. The standard InChI is InChI=1S/C23H20F3N3O2/c1-3-21(31)29(2)18-9-7-16(22(25)23(18)26)17-8-6-15(13-27-17)19(30)10-4-14-5-11-20(24)28-12-14/h5-9,11-13H,3-4,10H2,1-2H3. The predicted molar refractivity (Wildman–Crippen MR) is 110 cm³/mol. The molecule has 0 atom stereocenters. The molecule has 0 saturated heterocycles. The van der Waals surface area contributed by atoms with E-state index in [4.69, 9.17) is 0 Å². The molecule has 0 spiro atoms.